The lowest BCUT2D eigenvalue weighted by molar-refractivity contribution is -0.114. The number of carbonyl (C=O) groups excluding carboxylic acids is 1. The Balaban J connectivity index is 1.80. The molecule has 0 fully saturated rings. The number of ether oxygens (including phenoxy) is 1. The molecule has 0 aliphatic carbocycles. The van der Waals surface area contributed by atoms with E-state index in [1.165, 1.54) is 5.56 Å². The van der Waals surface area contributed by atoms with E-state index in [9.17, 15) is 4.79 Å². The molecule has 2 rings (SSSR count). The molecule has 0 spiro atoms. The number of hydrogen-bond donors (Lipinski definition) is 2. The van der Waals surface area contributed by atoms with Crippen molar-refractivity contribution in [3.8, 4) is 5.75 Å². The van der Waals surface area contributed by atoms with Crippen LogP contribution in [0.3, 0.4) is 0 Å². The summed E-state index contributed by atoms with van der Waals surface area (Å²) in [6, 6.07) is 15.2. The first-order valence-corrected chi connectivity index (χ1v) is 7.50. The molecule has 0 bridgehead atoms. The maximum atomic E-state index is 11.9. The molecule has 0 saturated heterocycles. The van der Waals surface area contributed by atoms with Gasteiger partial charge < -0.3 is 15.4 Å². The van der Waals surface area contributed by atoms with E-state index in [-0.39, 0.29) is 12.5 Å². The number of anilines is 2. The average Bonchev–Trinajstić information content (AvgIpc) is 2.53. The third kappa shape index (κ3) is 5.87. The molecule has 0 unspecified atom stereocenters. The SMILES string of the molecule is C=C(C)COc1ccc(NC(=O)CNc2ccc(C)cc2)cc1. The Morgan fingerprint density at radius 1 is 1.04 bits per heavy atom. The lowest BCUT2D eigenvalue weighted by Gasteiger charge is -2.09. The summed E-state index contributed by atoms with van der Waals surface area (Å²) in [4.78, 5) is 11.9. The van der Waals surface area contributed by atoms with Crippen LogP contribution < -0.4 is 15.4 Å². The zero-order valence-electron chi connectivity index (χ0n) is 13.6. The summed E-state index contributed by atoms with van der Waals surface area (Å²) in [7, 11) is 0. The van der Waals surface area contributed by atoms with Crippen molar-refractivity contribution in [3.63, 3.8) is 0 Å². The highest BCUT2D eigenvalue weighted by atomic mass is 16.5. The van der Waals surface area contributed by atoms with E-state index >= 15 is 0 Å². The Hall–Kier alpha value is -2.75. The van der Waals surface area contributed by atoms with E-state index in [1.807, 2.05) is 62.4 Å². The van der Waals surface area contributed by atoms with Gasteiger partial charge in [0.2, 0.25) is 5.91 Å². The number of benzene rings is 2. The number of hydrogen-bond acceptors (Lipinski definition) is 3. The van der Waals surface area contributed by atoms with Crippen molar-refractivity contribution >= 4 is 17.3 Å². The average molecular weight is 310 g/mol. The Morgan fingerprint density at radius 2 is 1.65 bits per heavy atom. The Kier molecular flexibility index (Phi) is 5.80. The van der Waals surface area contributed by atoms with E-state index < -0.39 is 0 Å². The molecule has 4 heteroatoms. The Bertz CT molecular complexity index is 661. The summed E-state index contributed by atoms with van der Waals surface area (Å²) >= 11 is 0. The number of carbonyl (C=O) groups is 1. The second-order valence-electron chi connectivity index (χ2n) is 5.54. The van der Waals surface area contributed by atoms with Gasteiger partial charge in [0.25, 0.3) is 0 Å². The van der Waals surface area contributed by atoms with Gasteiger partial charge in [0, 0.05) is 11.4 Å². The van der Waals surface area contributed by atoms with Crippen molar-refractivity contribution in [2.24, 2.45) is 0 Å². The van der Waals surface area contributed by atoms with Crippen LogP contribution in [0.25, 0.3) is 0 Å². The van der Waals surface area contributed by atoms with E-state index in [2.05, 4.69) is 17.2 Å². The number of aryl methyl sites for hydroxylation is 1. The number of nitrogens with one attached hydrogen (secondary N) is 2. The minimum atomic E-state index is -0.0961. The predicted molar refractivity (Wildman–Crippen MR) is 95.0 cm³/mol. The summed E-state index contributed by atoms with van der Waals surface area (Å²) in [6.45, 7) is 8.44. The van der Waals surface area contributed by atoms with E-state index in [0.717, 1.165) is 22.7 Å². The van der Waals surface area contributed by atoms with Crippen LogP contribution >= 0.6 is 0 Å². The molecule has 2 aromatic carbocycles. The first kappa shape index (κ1) is 16.6. The quantitative estimate of drug-likeness (QED) is 0.760. The van der Waals surface area contributed by atoms with Gasteiger partial charge in [-0.3, -0.25) is 4.79 Å². The van der Waals surface area contributed by atoms with Crippen molar-refractivity contribution < 1.29 is 9.53 Å². The molecular weight excluding hydrogens is 288 g/mol. The van der Waals surface area contributed by atoms with Gasteiger partial charge in [-0.15, -0.1) is 0 Å². The maximum Gasteiger partial charge on any atom is 0.243 e. The minimum absolute atomic E-state index is 0.0961. The highest BCUT2D eigenvalue weighted by molar-refractivity contribution is 5.93. The maximum absolute atomic E-state index is 11.9. The first-order chi connectivity index (χ1) is 11.0. The zero-order chi connectivity index (χ0) is 16.7. The van der Waals surface area contributed by atoms with E-state index in [4.69, 9.17) is 4.74 Å². The van der Waals surface area contributed by atoms with Crippen molar-refractivity contribution in [2.45, 2.75) is 13.8 Å². The Morgan fingerprint density at radius 3 is 2.26 bits per heavy atom. The lowest BCUT2D eigenvalue weighted by atomic mass is 10.2. The van der Waals surface area contributed by atoms with Crippen LogP contribution in [-0.2, 0) is 4.79 Å². The Labute approximate surface area is 137 Å². The molecule has 120 valence electrons. The van der Waals surface area contributed by atoms with Gasteiger partial charge in [0.1, 0.15) is 12.4 Å². The van der Waals surface area contributed by atoms with Crippen LogP contribution in [0.15, 0.2) is 60.7 Å². The fraction of sp³-hybridized carbons (Fsp3) is 0.211. The molecule has 0 radical (unpaired) electrons. The molecule has 0 saturated carbocycles. The smallest absolute Gasteiger partial charge is 0.243 e. The third-order valence-electron chi connectivity index (χ3n) is 3.13. The summed E-state index contributed by atoms with van der Waals surface area (Å²) in [5.74, 6) is 0.657. The summed E-state index contributed by atoms with van der Waals surface area (Å²) in [5.41, 5.74) is 3.82. The molecule has 4 nitrogen and oxygen atoms in total. The third-order valence-corrected chi connectivity index (χ3v) is 3.13. The van der Waals surface area contributed by atoms with Crippen molar-refractivity contribution in [1.82, 2.24) is 0 Å². The molecular formula is C19H22N2O2. The van der Waals surface area contributed by atoms with Gasteiger partial charge in [-0.1, -0.05) is 24.3 Å². The standard InChI is InChI=1S/C19H22N2O2/c1-14(2)13-23-18-10-8-17(9-11-18)21-19(22)12-20-16-6-4-15(3)5-7-16/h4-11,20H,1,12-13H2,2-3H3,(H,21,22). The highest BCUT2D eigenvalue weighted by Gasteiger charge is 2.03. The summed E-state index contributed by atoms with van der Waals surface area (Å²) in [5, 5.41) is 5.93. The minimum Gasteiger partial charge on any atom is -0.489 e. The molecule has 0 atom stereocenters. The van der Waals surface area contributed by atoms with Crippen LogP contribution in [0.4, 0.5) is 11.4 Å². The van der Waals surface area contributed by atoms with Crippen LogP contribution in [0.2, 0.25) is 0 Å². The molecule has 0 aliphatic rings. The summed E-state index contributed by atoms with van der Waals surface area (Å²) < 4.78 is 5.52. The van der Waals surface area contributed by atoms with Crippen LogP contribution in [0, 0.1) is 6.92 Å². The monoisotopic (exact) mass is 310 g/mol. The fourth-order valence-corrected chi connectivity index (χ4v) is 1.90. The normalized spacial score (nSPS) is 10.0. The molecule has 0 aliphatic heterocycles. The van der Waals surface area contributed by atoms with Crippen molar-refractivity contribution in [3.05, 3.63) is 66.2 Å². The van der Waals surface area contributed by atoms with Gasteiger partial charge in [-0.2, -0.15) is 0 Å². The van der Waals surface area contributed by atoms with Crippen LogP contribution in [0.5, 0.6) is 5.75 Å². The highest BCUT2D eigenvalue weighted by Crippen LogP contribution is 2.16. The predicted octanol–water partition coefficient (Wildman–Crippen LogP) is 4.00. The molecule has 0 heterocycles. The second kappa shape index (κ2) is 8.03. The van der Waals surface area contributed by atoms with Crippen LogP contribution in [0.1, 0.15) is 12.5 Å². The molecule has 2 N–H and O–H groups in total. The largest absolute Gasteiger partial charge is 0.489 e. The van der Waals surface area contributed by atoms with E-state index in [1.54, 1.807) is 0 Å². The van der Waals surface area contributed by atoms with Crippen molar-refractivity contribution in [2.75, 3.05) is 23.8 Å². The molecule has 23 heavy (non-hydrogen) atoms. The second-order valence-corrected chi connectivity index (χ2v) is 5.54. The van der Waals surface area contributed by atoms with Gasteiger partial charge in [-0.05, 0) is 55.8 Å². The van der Waals surface area contributed by atoms with Gasteiger partial charge >= 0.3 is 0 Å². The topological polar surface area (TPSA) is 50.4 Å². The number of rotatable bonds is 7. The van der Waals surface area contributed by atoms with Gasteiger partial charge in [-0.25, -0.2) is 0 Å². The van der Waals surface area contributed by atoms with Crippen molar-refractivity contribution in [1.29, 1.82) is 0 Å². The lowest BCUT2D eigenvalue weighted by Crippen LogP contribution is -2.21. The van der Waals surface area contributed by atoms with Gasteiger partial charge in [0.15, 0.2) is 0 Å². The number of amides is 1. The van der Waals surface area contributed by atoms with Gasteiger partial charge in [0.05, 0.1) is 6.54 Å². The zero-order valence-corrected chi connectivity index (χ0v) is 13.6. The van der Waals surface area contributed by atoms with E-state index in [0.29, 0.717) is 6.61 Å². The van der Waals surface area contributed by atoms with Crippen LogP contribution in [-0.4, -0.2) is 19.1 Å². The molecule has 2 aromatic rings. The molecule has 1 amide bonds. The first-order valence-electron chi connectivity index (χ1n) is 7.50. The summed E-state index contributed by atoms with van der Waals surface area (Å²) in [6.07, 6.45) is 0. The molecule has 0 aromatic heterocycles. The fourth-order valence-electron chi connectivity index (χ4n) is 1.90.